The van der Waals surface area contributed by atoms with Gasteiger partial charge in [-0.15, -0.1) is 0 Å². The van der Waals surface area contributed by atoms with Crippen molar-refractivity contribution in [3.05, 3.63) is 36.5 Å². The van der Waals surface area contributed by atoms with Crippen molar-refractivity contribution in [1.82, 2.24) is 4.98 Å². The molecule has 0 saturated carbocycles. The first-order valence-corrected chi connectivity index (χ1v) is 5.54. The van der Waals surface area contributed by atoms with E-state index in [2.05, 4.69) is 4.98 Å². The fourth-order valence-electron chi connectivity index (χ4n) is 1.64. The number of nitrogens with two attached hydrogens (primary N) is 1. The van der Waals surface area contributed by atoms with E-state index in [4.69, 9.17) is 15.2 Å². The van der Waals surface area contributed by atoms with Crippen molar-refractivity contribution in [1.29, 1.82) is 0 Å². The first-order chi connectivity index (χ1) is 8.33. The Bertz CT molecular complexity index is 488. The van der Waals surface area contributed by atoms with Crippen molar-refractivity contribution in [2.24, 2.45) is 5.73 Å². The van der Waals surface area contributed by atoms with Crippen molar-refractivity contribution in [2.75, 3.05) is 20.3 Å². The lowest BCUT2D eigenvalue weighted by molar-refractivity contribution is 0.0859. The molecule has 4 nitrogen and oxygen atoms in total. The second-order valence-corrected chi connectivity index (χ2v) is 3.79. The number of methoxy groups -OCH3 is 1. The zero-order chi connectivity index (χ0) is 12.1. The largest absolute Gasteiger partial charge is 0.485 e. The summed E-state index contributed by atoms with van der Waals surface area (Å²) in [5.74, 6) is 0.719. The Balaban J connectivity index is 2.18. The average molecular weight is 232 g/mol. The molecule has 1 aromatic heterocycles. The Morgan fingerprint density at radius 3 is 2.94 bits per heavy atom. The second kappa shape index (κ2) is 5.61. The molecule has 2 rings (SSSR count). The summed E-state index contributed by atoms with van der Waals surface area (Å²) in [6.45, 7) is 0.893. The summed E-state index contributed by atoms with van der Waals surface area (Å²) in [5, 5.41) is 1.05. The standard InChI is InChI=1S/C13H16N2O2/c1-16-9-12(7-14)17-11-6-10-4-2-3-5-13(10)15-8-11/h2-6,8,12H,7,9,14H2,1H3. The van der Waals surface area contributed by atoms with Crippen LogP contribution in [0, 0.1) is 0 Å². The van der Waals surface area contributed by atoms with E-state index in [0.29, 0.717) is 13.2 Å². The molecule has 0 aliphatic heterocycles. The van der Waals surface area contributed by atoms with Crippen LogP contribution in [0.25, 0.3) is 10.9 Å². The number of pyridine rings is 1. The van der Waals surface area contributed by atoms with E-state index in [1.807, 2.05) is 30.3 Å². The van der Waals surface area contributed by atoms with Gasteiger partial charge in [-0.2, -0.15) is 0 Å². The normalized spacial score (nSPS) is 12.6. The fourth-order valence-corrected chi connectivity index (χ4v) is 1.64. The molecule has 4 heteroatoms. The van der Waals surface area contributed by atoms with E-state index in [0.717, 1.165) is 16.7 Å². The Hall–Kier alpha value is -1.65. The molecule has 0 fully saturated rings. The highest BCUT2D eigenvalue weighted by Crippen LogP contribution is 2.18. The van der Waals surface area contributed by atoms with E-state index >= 15 is 0 Å². The second-order valence-electron chi connectivity index (χ2n) is 3.79. The molecule has 0 bridgehead atoms. The third-order valence-electron chi connectivity index (χ3n) is 2.48. The van der Waals surface area contributed by atoms with Crippen LogP contribution in [-0.4, -0.2) is 31.3 Å². The number of nitrogens with zero attached hydrogens (tertiary/aromatic N) is 1. The van der Waals surface area contributed by atoms with Gasteiger partial charge in [0.05, 0.1) is 18.3 Å². The summed E-state index contributed by atoms with van der Waals surface area (Å²) in [6, 6.07) is 9.87. The zero-order valence-electron chi connectivity index (χ0n) is 9.80. The van der Waals surface area contributed by atoms with Gasteiger partial charge in [-0.3, -0.25) is 4.98 Å². The smallest absolute Gasteiger partial charge is 0.138 e. The molecule has 1 heterocycles. The molecule has 0 amide bonds. The highest BCUT2D eigenvalue weighted by atomic mass is 16.5. The van der Waals surface area contributed by atoms with Crippen LogP contribution < -0.4 is 10.5 Å². The molecular formula is C13H16N2O2. The molecule has 1 atom stereocenters. The predicted molar refractivity (Wildman–Crippen MR) is 67.1 cm³/mol. The summed E-state index contributed by atoms with van der Waals surface area (Å²) in [7, 11) is 1.63. The number of ether oxygens (including phenoxy) is 2. The van der Waals surface area contributed by atoms with Gasteiger partial charge < -0.3 is 15.2 Å². The van der Waals surface area contributed by atoms with Crippen molar-refractivity contribution in [3.8, 4) is 5.75 Å². The molecule has 0 spiro atoms. The molecule has 2 N–H and O–H groups in total. The van der Waals surface area contributed by atoms with Crippen LogP contribution in [0.3, 0.4) is 0 Å². The quantitative estimate of drug-likeness (QED) is 0.850. The van der Waals surface area contributed by atoms with Gasteiger partial charge in [0, 0.05) is 19.0 Å². The molecule has 17 heavy (non-hydrogen) atoms. The van der Waals surface area contributed by atoms with Crippen LogP contribution in [0.4, 0.5) is 0 Å². The van der Waals surface area contributed by atoms with Crippen LogP contribution in [0.2, 0.25) is 0 Å². The number of benzene rings is 1. The van der Waals surface area contributed by atoms with Crippen molar-refractivity contribution in [3.63, 3.8) is 0 Å². The van der Waals surface area contributed by atoms with Gasteiger partial charge in [-0.1, -0.05) is 18.2 Å². The SMILES string of the molecule is COCC(CN)Oc1cnc2ccccc2c1. The Kier molecular flexibility index (Phi) is 3.90. The molecule has 0 radical (unpaired) electrons. The lowest BCUT2D eigenvalue weighted by Gasteiger charge is -2.16. The molecular weight excluding hydrogens is 216 g/mol. The maximum absolute atomic E-state index is 5.70. The first-order valence-electron chi connectivity index (χ1n) is 5.54. The molecule has 0 aliphatic carbocycles. The summed E-state index contributed by atoms with van der Waals surface area (Å²) < 4.78 is 10.7. The van der Waals surface area contributed by atoms with E-state index < -0.39 is 0 Å². The third-order valence-corrected chi connectivity index (χ3v) is 2.48. The topological polar surface area (TPSA) is 57.4 Å². The van der Waals surface area contributed by atoms with Crippen molar-refractivity contribution >= 4 is 10.9 Å². The minimum Gasteiger partial charge on any atom is -0.485 e. The van der Waals surface area contributed by atoms with Crippen molar-refractivity contribution in [2.45, 2.75) is 6.10 Å². The number of para-hydroxylation sites is 1. The first kappa shape index (κ1) is 11.8. The minimum atomic E-state index is -0.136. The highest BCUT2D eigenvalue weighted by Gasteiger charge is 2.08. The molecule has 2 aromatic rings. The molecule has 0 aliphatic rings. The monoisotopic (exact) mass is 232 g/mol. The third kappa shape index (κ3) is 2.93. The highest BCUT2D eigenvalue weighted by molar-refractivity contribution is 5.79. The summed E-state index contributed by atoms with van der Waals surface area (Å²) in [6.07, 6.45) is 1.57. The predicted octanol–water partition coefficient (Wildman–Crippen LogP) is 1.59. The maximum atomic E-state index is 5.70. The Labute approximate surface area is 100 Å². The number of fused-ring (bicyclic) bond motifs is 1. The van der Waals surface area contributed by atoms with E-state index in [1.165, 1.54) is 0 Å². The van der Waals surface area contributed by atoms with Crippen molar-refractivity contribution < 1.29 is 9.47 Å². The van der Waals surface area contributed by atoms with Crippen LogP contribution >= 0.6 is 0 Å². The fraction of sp³-hybridized carbons (Fsp3) is 0.308. The average Bonchev–Trinajstić information content (AvgIpc) is 2.38. The molecule has 1 aromatic carbocycles. The van der Waals surface area contributed by atoms with Gasteiger partial charge in [-0.25, -0.2) is 0 Å². The molecule has 1 unspecified atom stereocenters. The van der Waals surface area contributed by atoms with E-state index in [9.17, 15) is 0 Å². The van der Waals surface area contributed by atoms with Gasteiger partial charge in [0.25, 0.3) is 0 Å². The van der Waals surface area contributed by atoms with E-state index in [1.54, 1.807) is 13.3 Å². The lowest BCUT2D eigenvalue weighted by atomic mass is 10.2. The van der Waals surface area contributed by atoms with Gasteiger partial charge in [0.15, 0.2) is 0 Å². The summed E-state index contributed by atoms with van der Waals surface area (Å²) >= 11 is 0. The van der Waals surface area contributed by atoms with Gasteiger partial charge in [-0.05, 0) is 12.1 Å². The Morgan fingerprint density at radius 2 is 2.18 bits per heavy atom. The van der Waals surface area contributed by atoms with E-state index in [-0.39, 0.29) is 6.10 Å². The number of aromatic nitrogens is 1. The molecule has 90 valence electrons. The van der Waals surface area contributed by atoms with Crippen LogP contribution in [-0.2, 0) is 4.74 Å². The lowest BCUT2D eigenvalue weighted by Crippen LogP contribution is -2.31. The van der Waals surface area contributed by atoms with Gasteiger partial charge in [0.1, 0.15) is 11.9 Å². The zero-order valence-corrected chi connectivity index (χ0v) is 9.80. The number of hydrogen-bond acceptors (Lipinski definition) is 4. The number of hydrogen-bond donors (Lipinski definition) is 1. The minimum absolute atomic E-state index is 0.136. The maximum Gasteiger partial charge on any atom is 0.138 e. The number of rotatable bonds is 5. The van der Waals surface area contributed by atoms with Crippen LogP contribution in [0.15, 0.2) is 36.5 Å². The molecule has 0 saturated heterocycles. The summed E-state index contributed by atoms with van der Waals surface area (Å²) in [5.41, 5.74) is 6.55. The van der Waals surface area contributed by atoms with Crippen LogP contribution in [0.5, 0.6) is 5.75 Å². The van der Waals surface area contributed by atoms with Gasteiger partial charge in [0.2, 0.25) is 0 Å². The van der Waals surface area contributed by atoms with Crippen LogP contribution in [0.1, 0.15) is 0 Å². The summed E-state index contributed by atoms with van der Waals surface area (Å²) in [4.78, 5) is 4.32. The Morgan fingerprint density at radius 1 is 1.35 bits per heavy atom. The van der Waals surface area contributed by atoms with Gasteiger partial charge >= 0.3 is 0 Å².